The van der Waals surface area contributed by atoms with Crippen LogP contribution in [0.4, 0.5) is 0 Å². The van der Waals surface area contributed by atoms with Crippen molar-refractivity contribution in [3.05, 3.63) is 60.7 Å². The fourth-order valence-corrected chi connectivity index (χ4v) is 1.82. The number of nitrogens with zero attached hydrogens (tertiary/aromatic N) is 2. The van der Waals surface area contributed by atoms with Crippen molar-refractivity contribution >= 4 is 5.78 Å². The van der Waals surface area contributed by atoms with Crippen LogP contribution in [0, 0.1) is 0 Å². The first-order valence-corrected chi connectivity index (χ1v) is 6.60. The number of benzene rings is 1. The molecule has 0 saturated carbocycles. The number of carbonyl (C=O) groups excluding carboxylic acids is 1. The lowest BCUT2D eigenvalue weighted by atomic mass is 10.1. The highest BCUT2D eigenvalue weighted by Crippen LogP contribution is 2.10. The van der Waals surface area contributed by atoms with E-state index in [1.807, 2.05) is 41.1 Å². The smallest absolute Gasteiger partial charge is 0.185 e. The van der Waals surface area contributed by atoms with E-state index >= 15 is 0 Å². The number of ketones is 1. The molecule has 1 aromatic carbocycles. The number of aromatic nitrogens is 2. The molecule has 0 aliphatic rings. The van der Waals surface area contributed by atoms with E-state index in [1.165, 1.54) is 0 Å². The van der Waals surface area contributed by atoms with E-state index in [4.69, 9.17) is 0 Å². The number of hydrogen-bond acceptors (Lipinski definition) is 2. The Labute approximate surface area is 113 Å². The number of imidazole rings is 1. The molecule has 2 aromatic rings. The third-order valence-corrected chi connectivity index (χ3v) is 2.95. The van der Waals surface area contributed by atoms with Crippen molar-refractivity contribution in [3.8, 4) is 5.69 Å². The summed E-state index contributed by atoms with van der Waals surface area (Å²) in [6.45, 7) is 2.14. The van der Waals surface area contributed by atoms with E-state index in [9.17, 15) is 4.79 Å². The highest BCUT2D eigenvalue weighted by atomic mass is 16.1. The normalized spacial score (nSPS) is 11.0. The first kappa shape index (κ1) is 13.3. The lowest BCUT2D eigenvalue weighted by Gasteiger charge is -2.02. The Balaban J connectivity index is 2.02. The summed E-state index contributed by atoms with van der Waals surface area (Å²) in [4.78, 5) is 15.9. The van der Waals surface area contributed by atoms with Gasteiger partial charge in [0.05, 0.1) is 6.33 Å². The van der Waals surface area contributed by atoms with Crippen LogP contribution in [0.1, 0.15) is 36.5 Å². The predicted octanol–water partition coefficient (Wildman–Crippen LogP) is 3.80. The van der Waals surface area contributed by atoms with Gasteiger partial charge in [-0.25, -0.2) is 4.98 Å². The second kappa shape index (κ2) is 6.69. The SMILES string of the molecule is CCCC/C=C/C(=O)c1ccc(-n2ccnc2)cc1. The summed E-state index contributed by atoms with van der Waals surface area (Å²) in [5.74, 6) is 0.0632. The molecule has 2 rings (SSSR count). The predicted molar refractivity (Wildman–Crippen MR) is 76.6 cm³/mol. The van der Waals surface area contributed by atoms with Crippen LogP contribution >= 0.6 is 0 Å². The second-order valence-electron chi connectivity index (χ2n) is 4.43. The Morgan fingerprint density at radius 1 is 1.32 bits per heavy atom. The summed E-state index contributed by atoms with van der Waals surface area (Å²) < 4.78 is 1.91. The Kier molecular flexibility index (Phi) is 4.67. The average Bonchev–Trinajstić information content (AvgIpc) is 2.98. The Morgan fingerprint density at radius 2 is 2.11 bits per heavy atom. The molecule has 98 valence electrons. The van der Waals surface area contributed by atoms with Crippen LogP contribution in [-0.4, -0.2) is 15.3 Å². The maximum atomic E-state index is 11.9. The molecule has 0 aliphatic heterocycles. The molecule has 0 unspecified atom stereocenters. The van der Waals surface area contributed by atoms with Crippen molar-refractivity contribution in [2.24, 2.45) is 0 Å². The van der Waals surface area contributed by atoms with Crippen LogP contribution < -0.4 is 0 Å². The zero-order valence-electron chi connectivity index (χ0n) is 11.1. The molecule has 0 saturated heterocycles. The number of rotatable bonds is 6. The molecule has 0 bridgehead atoms. The minimum atomic E-state index is 0.0632. The molecule has 1 heterocycles. The molecular formula is C16H18N2O. The summed E-state index contributed by atoms with van der Waals surface area (Å²) in [5, 5.41) is 0. The summed E-state index contributed by atoms with van der Waals surface area (Å²) in [7, 11) is 0. The van der Waals surface area contributed by atoms with E-state index in [1.54, 1.807) is 18.6 Å². The monoisotopic (exact) mass is 254 g/mol. The quantitative estimate of drug-likeness (QED) is 0.446. The molecule has 0 atom stereocenters. The molecule has 0 radical (unpaired) electrons. The Morgan fingerprint density at radius 3 is 2.74 bits per heavy atom. The van der Waals surface area contributed by atoms with Crippen LogP contribution in [-0.2, 0) is 0 Å². The maximum absolute atomic E-state index is 11.9. The maximum Gasteiger partial charge on any atom is 0.185 e. The topological polar surface area (TPSA) is 34.9 Å². The molecule has 3 nitrogen and oxygen atoms in total. The van der Waals surface area contributed by atoms with Crippen LogP contribution in [0.3, 0.4) is 0 Å². The van der Waals surface area contributed by atoms with Gasteiger partial charge in [0.15, 0.2) is 5.78 Å². The first-order chi connectivity index (χ1) is 9.31. The minimum Gasteiger partial charge on any atom is -0.306 e. The number of carbonyl (C=O) groups is 1. The van der Waals surface area contributed by atoms with Crippen molar-refractivity contribution in [1.29, 1.82) is 0 Å². The Bertz CT molecular complexity index is 539. The van der Waals surface area contributed by atoms with Gasteiger partial charge in [0.2, 0.25) is 0 Å². The molecule has 0 fully saturated rings. The minimum absolute atomic E-state index is 0.0632. The van der Waals surface area contributed by atoms with E-state index < -0.39 is 0 Å². The number of hydrogen-bond donors (Lipinski definition) is 0. The van der Waals surface area contributed by atoms with Gasteiger partial charge in [0.25, 0.3) is 0 Å². The summed E-state index contributed by atoms with van der Waals surface area (Å²) >= 11 is 0. The fourth-order valence-electron chi connectivity index (χ4n) is 1.82. The number of unbranched alkanes of at least 4 members (excludes halogenated alkanes) is 2. The van der Waals surface area contributed by atoms with Crippen LogP contribution in [0.5, 0.6) is 0 Å². The second-order valence-corrected chi connectivity index (χ2v) is 4.43. The third-order valence-electron chi connectivity index (χ3n) is 2.95. The van der Waals surface area contributed by atoms with Gasteiger partial charge in [0.1, 0.15) is 0 Å². The Hall–Kier alpha value is -2.16. The lowest BCUT2D eigenvalue weighted by molar-refractivity contribution is 0.104. The lowest BCUT2D eigenvalue weighted by Crippen LogP contribution is -1.96. The number of allylic oxidation sites excluding steroid dienone is 2. The zero-order valence-corrected chi connectivity index (χ0v) is 11.1. The molecule has 0 aliphatic carbocycles. The van der Waals surface area contributed by atoms with Crippen molar-refractivity contribution in [1.82, 2.24) is 9.55 Å². The van der Waals surface area contributed by atoms with E-state index in [0.717, 1.165) is 30.5 Å². The molecule has 3 heteroatoms. The van der Waals surface area contributed by atoms with Gasteiger partial charge in [0, 0.05) is 23.6 Å². The van der Waals surface area contributed by atoms with Gasteiger partial charge >= 0.3 is 0 Å². The molecular weight excluding hydrogens is 236 g/mol. The van der Waals surface area contributed by atoms with Crippen LogP contribution in [0.15, 0.2) is 55.1 Å². The molecule has 1 aromatic heterocycles. The van der Waals surface area contributed by atoms with Crippen LogP contribution in [0.25, 0.3) is 5.69 Å². The molecule has 0 spiro atoms. The molecule has 19 heavy (non-hydrogen) atoms. The van der Waals surface area contributed by atoms with Gasteiger partial charge < -0.3 is 4.57 Å². The average molecular weight is 254 g/mol. The van der Waals surface area contributed by atoms with Gasteiger partial charge in [-0.1, -0.05) is 25.8 Å². The van der Waals surface area contributed by atoms with Gasteiger partial charge in [-0.05, 0) is 36.8 Å². The van der Waals surface area contributed by atoms with Crippen molar-refractivity contribution in [3.63, 3.8) is 0 Å². The molecule has 0 N–H and O–H groups in total. The van der Waals surface area contributed by atoms with Crippen molar-refractivity contribution in [2.45, 2.75) is 26.2 Å². The summed E-state index contributed by atoms with van der Waals surface area (Å²) in [5.41, 5.74) is 1.72. The standard InChI is InChI=1S/C16H18N2O/c1-2-3-4-5-6-16(19)14-7-9-15(10-8-14)18-12-11-17-13-18/h5-13H,2-4H2,1H3/b6-5+. The summed E-state index contributed by atoms with van der Waals surface area (Å²) in [6.07, 6.45) is 12.2. The zero-order chi connectivity index (χ0) is 13.5. The van der Waals surface area contributed by atoms with Crippen molar-refractivity contribution in [2.75, 3.05) is 0 Å². The highest BCUT2D eigenvalue weighted by molar-refractivity contribution is 6.04. The van der Waals surface area contributed by atoms with Gasteiger partial charge in [-0.3, -0.25) is 4.79 Å². The first-order valence-electron chi connectivity index (χ1n) is 6.60. The van der Waals surface area contributed by atoms with Gasteiger partial charge in [-0.2, -0.15) is 0 Å². The fraction of sp³-hybridized carbons (Fsp3) is 0.250. The van der Waals surface area contributed by atoms with Crippen LogP contribution in [0.2, 0.25) is 0 Å². The van der Waals surface area contributed by atoms with Gasteiger partial charge in [-0.15, -0.1) is 0 Å². The third kappa shape index (κ3) is 3.65. The molecule has 0 amide bonds. The van der Waals surface area contributed by atoms with E-state index in [-0.39, 0.29) is 5.78 Å². The summed E-state index contributed by atoms with van der Waals surface area (Å²) in [6, 6.07) is 7.55. The van der Waals surface area contributed by atoms with E-state index in [0.29, 0.717) is 0 Å². The van der Waals surface area contributed by atoms with Crippen molar-refractivity contribution < 1.29 is 4.79 Å². The van der Waals surface area contributed by atoms with E-state index in [2.05, 4.69) is 11.9 Å². The highest BCUT2D eigenvalue weighted by Gasteiger charge is 2.02. The largest absolute Gasteiger partial charge is 0.306 e.